The van der Waals surface area contributed by atoms with Crippen molar-refractivity contribution < 1.29 is 14.3 Å². The number of aromatic nitrogens is 1. The first-order valence-electron chi connectivity index (χ1n) is 5.84. The molecule has 6 heteroatoms. The van der Waals surface area contributed by atoms with Crippen molar-refractivity contribution in [1.82, 2.24) is 4.98 Å². The maximum absolute atomic E-state index is 12.0. The Kier molecular flexibility index (Phi) is 4.52. The number of benzene rings is 1. The van der Waals surface area contributed by atoms with Gasteiger partial charge in [-0.1, -0.05) is 23.7 Å². The molecular weight excluding hydrogens is 298 g/mol. The standard InChI is InChI=1S/C14H12ClNO3S/c1-8-13(11(17)7-12(18)19-2)20-14(16-8)9-3-5-10(15)6-4-9/h3-6H,7H2,1-2H3. The number of rotatable bonds is 4. The molecule has 104 valence electrons. The highest BCUT2D eigenvalue weighted by molar-refractivity contribution is 7.17. The lowest BCUT2D eigenvalue weighted by Gasteiger charge is -1.97. The third-order valence-corrected chi connectivity index (χ3v) is 4.17. The number of hydrogen-bond donors (Lipinski definition) is 0. The van der Waals surface area contributed by atoms with Crippen LogP contribution < -0.4 is 0 Å². The van der Waals surface area contributed by atoms with Gasteiger partial charge < -0.3 is 4.74 Å². The van der Waals surface area contributed by atoms with Crippen LogP contribution in [0.1, 0.15) is 21.8 Å². The molecule has 2 rings (SSSR count). The molecule has 1 aromatic carbocycles. The highest BCUT2D eigenvalue weighted by Crippen LogP contribution is 2.29. The minimum Gasteiger partial charge on any atom is -0.469 e. The van der Waals surface area contributed by atoms with Crippen molar-refractivity contribution in [3.8, 4) is 10.6 Å². The Morgan fingerprint density at radius 3 is 2.55 bits per heavy atom. The van der Waals surface area contributed by atoms with Crippen LogP contribution in [-0.4, -0.2) is 23.8 Å². The molecule has 0 radical (unpaired) electrons. The van der Waals surface area contributed by atoms with Gasteiger partial charge in [0, 0.05) is 10.6 Å². The van der Waals surface area contributed by atoms with E-state index in [-0.39, 0.29) is 12.2 Å². The lowest BCUT2D eigenvalue weighted by Crippen LogP contribution is -2.09. The van der Waals surface area contributed by atoms with Gasteiger partial charge in [-0.15, -0.1) is 11.3 Å². The summed E-state index contributed by atoms with van der Waals surface area (Å²) in [7, 11) is 1.26. The van der Waals surface area contributed by atoms with E-state index in [0.29, 0.717) is 15.6 Å². The van der Waals surface area contributed by atoms with Gasteiger partial charge in [0.25, 0.3) is 0 Å². The third kappa shape index (κ3) is 3.23. The van der Waals surface area contributed by atoms with Crippen molar-refractivity contribution in [3.63, 3.8) is 0 Å². The van der Waals surface area contributed by atoms with Crippen LogP contribution in [0.5, 0.6) is 0 Å². The summed E-state index contributed by atoms with van der Waals surface area (Å²) in [6.07, 6.45) is -0.264. The minimum atomic E-state index is -0.546. The number of ether oxygens (including phenoxy) is 1. The largest absolute Gasteiger partial charge is 0.469 e. The number of methoxy groups -OCH3 is 1. The van der Waals surface area contributed by atoms with Crippen LogP contribution in [0.2, 0.25) is 5.02 Å². The second kappa shape index (κ2) is 6.15. The van der Waals surface area contributed by atoms with Gasteiger partial charge in [0.15, 0.2) is 5.78 Å². The normalized spacial score (nSPS) is 10.3. The van der Waals surface area contributed by atoms with Gasteiger partial charge in [0.1, 0.15) is 11.4 Å². The highest BCUT2D eigenvalue weighted by atomic mass is 35.5. The molecule has 0 aliphatic rings. The van der Waals surface area contributed by atoms with Crippen LogP contribution in [-0.2, 0) is 9.53 Å². The van der Waals surface area contributed by atoms with E-state index < -0.39 is 5.97 Å². The molecule has 0 N–H and O–H groups in total. The average molecular weight is 310 g/mol. The van der Waals surface area contributed by atoms with Crippen molar-refractivity contribution in [1.29, 1.82) is 0 Å². The molecular formula is C14H12ClNO3S. The number of esters is 1. The first-order chi connectivity index (χ1) is 9.51. The lowest BCUT2D eigenvalue weighted by molar-refractivity contribution is -0.139. The van der Waals surface area contributed by atoms with E-state index in [2.05, 4.69) is 9.72 Å². The summed E-state index contributed by atoms with van der Waals surface area (Å²) >= 11 is 7.10. The predicted molar refractivity (Wildman–Crippen MR) is 78.3 cm³/mol. The average Bonchev–Trinajstić information content (AvgIpc) is 2.81. The summed E-state index contributed by atoms with van der Waals surface area (Å²) in [4.78, 5) is 28.0. The van der Waals surface area contributed by atoms with Crippen LogP contribution in [0.15, 0.2) is 24.3 Å². The van der Waals surface area contributed by atoms with Crippen LogP contribution in [0.4, 0.5) is 0 Å². The van der Waals surface area contributed by atoms with Crippen LogP contribution >= 0.6 is 22.9 Å². The van der Waals surface area contributed by atoms with E-state index in [1.54, 1.807) is 19.1 Å². The fourth-order valence-electron chi connectivity index (χ4n) is 1.65. The van der Waals surface area contributed by atoms with Crippen LogP contribution in [0.25, 0.3) is 10.6 Å². The second-order valence-electron chi connectivity index (χ2n) is 4.12. The van der Waals surface area contributed by atoms with E-state index in [1.807, 2.05) is 12.1 Å². The Labute approximate surface area is 125 Å². The van der Waals surface area contributed by atoms with E-state index in [9.17, 15) is 9.59 Å². The number of aryl methyl sites for hydroxylation is 1. The highest BCUT2D eigenvalue weighted by Gasteiger charge is 2.19. The number of carbonyl (C=O) groups is 2. The van der Waals surface area contributed by atoms with E-state index >= 15 is 0 Å². The van der Waals surface area contributed by atoms with Crippen molar-refractivity contribution in [3.05, 3.63) is 39.9 Å². The summed E-state index contributed by atoms with van der Waals surface area (Å²) in [6.45, 7) is 1.75. The molecule has 20 heavy (non-hydrogen) atoms. The summed E-state index contributed by atoms with van der Waals surface area (Å²) in [5.41, 5.74) is 1.51. The minimum absolute atomic E-state index is 0.264. The maximum Gasteiger partial charge on any atom is 0.313 e. The number of ketones is 1. The SMILES string of the molecule is COC(=O)CC(=O)c1sc(-c2ccc(Cl)cc2)nc1C. The first-order valence-corrected chi connectivity index (χ1v) is 7.04. The number of carbonyl (C=O) groups excluding carboxylic acids is 2. The zero-order chi connectivity index (χ0) is 14.7. The topological polar surface area (TPSA) is 56.3 Å². The van der Waals surface area contributed by atoms with Crippen molar-refractivity contribution >= 4 is 34.7 Å². The molecule has 0 atom stereocenters. The molecule has 2 aromatic rings. The zero-order valence-corrected chi connectivity index (χ0v) is 12.5. The Hall–Kier alpha value is -1.72. The Balaban J connectivity index is 2.27. The number of nitrogens with zero attached hydrogens (tertiary/aromatic N) is 1. The van der Waals surface area contributed by atoms with Gasteiger partial charge in [-0.25, -0.2) is 4.98 Å². The van der Waals surface area contributed by atoms with Gasteiger partial charge in [0.05, 0.1) is 17.7 Å². The molecule has 0 amide bonds. The molecule has 0 aliphatic carbocycles. The Bertz CT molecular complexity index is 649. The van der Waals surface area contributed by atoms with Crippen molar-refractivity contribution in [2.45, 2.75) is 13.3 Å². The fourth-order valence-corrected chi connectivity index (χ4v) is 2.79. The van der Waals surface area contributed by atoms with E-state index in [0.717, 1.165) is 10.6 Å². The first kappa shape index (κ1) is 14.7. The summed E-state index contributed by atoms with van der Waals surface area (Å²) in [5, 5.41) is 1.37. The Morgan fingerprint density at radius 2 is 1.95 bits per heavy atom. The van der Waals surface area contributed by atoms with Gasteiger partial charge in [-0.3, -0.25) is 9.59 Å². The lowest BCUT2D eigenvalue weighted by atomic mass is 10.2. The van der Waals surface area contributed by atoms with E-state index in [1.165, 1.54) is 18.4 Å². The fraction of sp³-hybridized carbons (Fsp3) is 0.214. The summed E-state index contributed by atoms with van der Waals surface area (Å²) < 4.78 is 4.50. The quantitative estimate of drug-likeness (QED) is 0.492. The third-order valence-electron chi connectivity index (χ3n) is 2.67. The van der Waals surface area contributed by atoms with Gasteiger partial charge in [-0.05, 0) is 19.1 Å². The molecule has 0 aliphatic heterocycles. The van der Waals surface area contributed by atoms with Gasteiger partial charge in [-0.2, -0.15) is 0 Å². The molecule has 0 bridgehead atoms. The molecule has 4 nitrogen and oxygen atoms in total. The van der Waals surface area contributed by atoms with E-state index in [4.69, 9.17) is 11.6 Å². The molecule has 0 spiro atoms. The number of halogens is 1. The second-order valence-corrected chi connectivity index (χ2v) is 5.55. The van der Waals surface area contributed by atoms with Crippen molar-refractivity contribution in [2.75, 3.05) is 7.11 Å². The predicted octanol–water partition coefficient (Wildman–Crippen LogP) is 3.52. The number of thiazole rings is 1. The van der Waals surface area contributed by atoms with Crippen LogP contribution in [0, 0.1) is 6.92 Å². The molecule has 0 saturated heterocycles. The van der Waals surface area contributed by atoms with Gasteiger partial charge >= 0.3 is 5.97 Å². The molecule has 0 unspecified atom stereocenters. The molecule has 1 heterocycles. The number of Topliss-reactive ketones (excluding diaryl/α,β-unsaturated/α-hetero) is 1. The number of hydrogen-bond acceptors (Lipinski definition) is 5. The van der Waals surface area contributed by atoms with Crippen molar-refractivity contribution in [2.24, 2.45) is 0 Å². The monoisotopic (exact) mass is 309 g/mol. The molecule has 1 aromatic heterocycles. The zero-order valence-electron chi connectivity index (χ0n) is 11.0. The summed E-state index contributed by atoms with van der Waals surface area (Å²) in [5.74, 6) is -0.817. The molecule has 0 saturated carbocycles. The Morgan fingerprint density at radius 1 is 1.30 bits per heavy atom. The smallest absolute Gasteiger partial charge is 0.313 e. The summed E-state index contributed by atoms with van der Waals surface area (Å²) in [6, 6.07) is 7.22. The van der Waals surface area contributed by atoms with Gasteiger partial charge in [0.2, 0.25) is 0 Å². The van der Waals surface area contributed by atoms with Crippen LogP contribution in [0.3, 0.4) is 0 Å². The molecule has 0 fully saturated rings. The maximum atomic E-state index is 12.0.